The first-order valence-corrected chi connectivity index (χ1v) is 7.74. The maximum Gasteiger partial charge on any atom is 0.240 e. The number of halogens is 1. The summed E-state index contributed by atoms with van der Waals surface area (Å²) in [5.74, 6) is 0. The molecule has 0 fully saturated rings. The molecule has 0 heterocycles. The number of rotatable bonds is 7. The molecule has 1 aromatic carbocycles. The molecule has 19 heavy (non-hydrogen) atoms. The van der Waals surface area contributed by atoms with Crippen molar-refractivity contribution in [1.82, 2.24) is 4.72 Å². The lowest BCUT2D eigenvalue weighted by molar-refractivity contribution is 0.0320. The Bertz CT molecular complexity index is 521. The Balaban J connectivity index is 2.78. The van der Waals surface area contributed by atoms with Crippen LogP contribution in [0.1, 0.15) is 0 Å². The monoisotopic (exact) mass is 352 g/mol. The molecular weight excluding hydrogens is 336 g/mol. The van der Waals surface area contributed by atoms with Crippen LogP contribution in [0, 0.1) is 0 Å². The summed E-state index contributed by atoms with van der Waals surface area (Å²) >= 11 is 3.20. The minimum Gasteiger partial charge on any atom is -0.398 e. The predicted molar refractivity (Wildman–Crippen MR) is 76.4 cm³/mol. The van der Waals surface area contributed by atoms with E-state index in [4.69, 9.17) is 15.2 Å². The summed E-state index contributed by atoms with van der Waals surface area (Å²) in [7, 11) is -0.571. The average Bonchev–Trinajstić information content (AvgIpc) is 2.37. The summed E-state index contributed by atoms with van der Waals surface area (Å²) in [6.07, 6.45) is -0.336. The molecule has 0 bridgehead atoms. The molecule has 0 aliphatic heterocycles. The van der Waals surface area contributed by atoms with E-state index in [1.165, 1.54) is 32.4 Å². The van der Waals surface area contributed by atoms with E-state index in [0.29, 0.717) is 16.8 Å². The van der Waals surface area contributed by atoms with Gasteiger partial charge in [-0.3, -0.25) is 0 Å². The van der Waals surface area contributed by atoms with E-state index in [9.17, 15) is 8.42 Å². The van der Waals surface area contributed by atoms with Crippen LogP contribution in [0.25, 0.3) is 0 Å². The van der Waals surface area contributed by atoms with E-state index in [1.807, 2.05) is 0 Å². The van der Waals surface area contributed by atoms with Crippen LogP contribution < -0.4 is 10.5 Å². The number of benzene rings is 1. The fourth-order valence-electron chi connectivity index (χ4n) is 1.36. The van der Waals surface area contributed by atoms with Gasteiger partial charge in [0.05, 0.1) is 17.6 Å². The van der Waals surface area contributed by atoms with Crippen molar-refractivity contribution in [2.24, 2.45) is 0 Å². The minimum atomic E-state index is -3.59. The molecule has 3 N–H and O–H groups in total. The largest absolute Gasteiger partial charge is 0.398 e. The molecule has 0 aromatic heterocycles. The van der Waals surface area contributed by atoms with Crippen molar-refractivity contribution in [2.45, 2.75) is 11.0 Å². The van der Waals surface area contributed by atoms with E-state index in [0.717, 1.165) is 0 Å². The topological polar surface area (TPSA) is 90.7 Å². The summed E-state index contributed by atoms with van der Waals surface area (Å²) in [5, 5.41) is 0. The Morgan fingerprint density at radius 2 is 2.11 bits per heavy atom. The van der Waals surface area contributed by atoms with Gasteiger partial charge in [0, 0.05) is 30.9 Å². The average molecular weight is 353 g/mol. The number of ether oxygens (including phenoxy) is 2. The van der Waals surface area contributed by atoms with Crippen LogP contribution in [0.3, 0.4) is 0 Å². The number of nitrogen functional groups attached to an aromatic ring is 1. The molecule has 1 atom stereocenters. The van der Waals surface area contributed by atoms with E-state index in [-0.39, 0.29) is 17.5 Å². The van der Waals surface area contributed by atoms with Gasteiger partial charge < -0.3 is 15.2 Å². The van der Waals surface area contributed by atoms with Gasteiger partial charge in [0.25, 0.3) is 0 Å². The highest BCUT2D eigenvalue weighted by atomic mass is 79.9. The first-order chi connectivity index (χ1) is 8.90. The van der Waals surface area contributed by atoms with Gasteiger partial charge in [-0.1, -0.05) is 0 Å². The zero-order valence-electron chi connectivity index (χ0n) is 10.7. The molecule has 0 spiro atoms. The Morgan fingerprint density at radius 3 is 2.63 bits per heavy atom. The normalized spacial score (nSPS) is 13.4. The second kappa shape index (κ2) is 7.20. The summed E-state index contributed by atoms with van der Waals surface area (Å²) in [6.45, 7) is 0.444. The molecule has 8 heteroatoms. The Hall–Kier alpha value is -0.670. The van der Waals surface area contributed by atoms with Gasteiger partial charge in [0.15, 0.2) is 0 Å². The van der Waals surface area contributed by atoms with Gasteiger partial charge in [0.2, 0.25) is 10.0 Å². The van der Waals surface area contributed by atoms with Gasteiger partial charge in [-0.2, -0.15) is 0 Å². The third-order valence-electron chi connectivity index (χ3n) is 2.47. The SMILES string of the molecule is COCC(CNS(=O)(=O)c1ccc(N)c(Br)c1)OC. The van der Waals surface area contributed by atoms with E-state index in [2.05, 4.69) is 20.7 Å². The molecule has 6 nitrogen and oxygen atoms in total. The van der Waals surface area contributed by atoms with Crippen LogP contribution in [0.5, 0.6) is 0 Å². The van der Waals surface area contributed by atoms with Gasteiger partial charge in [-0.15, -0.1) is 0 Å². The van der Waals surface area contributed by atoms with E-state index < -0.39 is 10.0 Å². The molecule has 0 aliphatic rings. The summed E-state index contributed by atoms with van der Waals surface area (Å²) in [6, 6.07) is 4.43. The smallest absolute Gasteiger partial charge is 0.240 e. The van der Waals surface area contributed by atoms with Crippen molar-refractivity contribution in [1.29, 1.82) is 0 Å². The van der Waals surface area contributed by atoms with E-state index in [1.54, 1.807) is 0 Å². The van der Waals surface area contributed by atoms with Crippen LogP contribution in [-0.4, -0.2) is 41.9 Å². The Kier molecular flexibility index (Phi) is 6.21. The number of hydrogen-bond acceptors (Lipinski definition) is 5. The third kappa shape index (κ3) is 4.73. The zero-order valence-corrected chi connectivity index (χ0v) is 13.1. The molecule has 0 amide bonds. The van der Waals surface area contributed by atoms with Gasteiger partial charge in [0.1, 0.15) is 0 Å². The van der Waals surface area contributed by atoms with Crippen molar-refractivity contribution in [3.63, 3.8) is 0 Å². The highest BCUT2D eigenvalue weighted by Crippen LogP contribution is 2.22. The molecule has 0 radical (unpaired) electrons. The van der Waals surface area contributed by atoms with Crippen LogP contribution in [0.2, 0.25) is 0 Å². The molecule has 1 aromatic rings. The first kappa shape index (κ1) is 16.4. The molecule has 0 saturated heterocycles. The molecule has 108 valence electrons. The summed E-state index contributed by atoms with van der Waals surface area (Å²) < 4.78 is 37.1. The number of nitrogens with one attached hydrogen (secondary N) is 1. The van der Waals surface area contributed by atoms with Crippen LogP contribution >= 0.6 is 15.9 Å². The Labute approximate surface area is 121 Å². The maximum atomic E-state index is 12.1. The van der Waals surface area contributed by atoms with Crippen LogP contribution in [0.4, 0.5) is 5.69 Å². The van der Waals surface area contributed by atoms with Gasteiger partial charge in [-0.05, 0) is 34.1 Å². The molecule has 0 saturated carbocycles. The van der Waals surface area contributed by atoms with Crippen molar-refractivity contribution >= 4 is 31.6 Å². The molecule has 1 unspecified atom stereocenters. The zero-order chi connectivity index (χ0) is 14.5. The maximum absolute atomic E-state index is 12.1. The third-order valence-corrected chi connectivity index (χ3v) is 4.58. The molecule has 1 rings (SSSR count). The fraction of sp³-hybridized carbons (Fsp3) is 0.455. The first-order valence-electron chi connectivity index (χ1n) is 5.47. The summed E-state index contributed by atoms with van der Waals surface area (Å²) in [5.41, 5.74) is 6.10. The number of nitrogens with two attached hydrogens (primary N) is 1. The fourth-order valence-corrected chi connectivity index (χ4v) is 2.98. The standard InChI is InChI=1S/C11H17BrN2O4S/c1-17-7-8(18-2)6-14-19(15,16)9-3-4-11(13)10(12)5-9/h3-5,8,14H,6-7,13H2,1-2H3. The quantitative estimate of drug-likeness (QED) is 0.713. The van der Waals surface area contributed by atoms with Crippen LogP contribution in [0.15, 0.2) is 27.6 Å². The number of hydrogen-bond donors (Lipinski definition) is 2. The molecular formula is C11H17BrN2O4S. The number of methoxy groups -OCH3 is 2. The minimum absolute atomic E-state index is 0.134. The number of sulfonamides is 1. The lowest BCUT2D eigenvalue weighted by Crippen LogP contribution is -2.35. The molecule has 0 aliphatic carbocycles. The number of anilines is 1. The van der Waals surface area contributed by atoms with Crippen LogP contribution in [-0.2, 0) is 19.5 Å². The second-order valence-corrected chi connectivity index (χ2v) is 6.47. The lowest BCUT2D eigenvalue weighted by Gasteiger charge is -2.15. The predicted octanol–water partition coefficient (Wildman–Crippen LogP) is 0.971. The van der Waals surface area contributed by atoms with Crippen molar-refractivity contribution in [3.8, 4) is 0 Å². The van der Waals surface area contributed by atoms with E-state index >= 15 is 0 Å². The second-order valence-electron chi connectivity index (χ2n) is 3.85. The lowest BCUT2D eigenvalue weighted by atomic mass is 10.3. The highest BCUT2D eigenvalue weighted by Gasteiger charge is 2.17. The van der Waals surface area contributed by atoms with Crippen molar-refractivity contribution in [3.05, 3.63) is 22.7 Å². The van der Waals surface area contributed by atoms with Crippen molar-refractivity contribution in [2.75, 3.05) is 33.1 Å². The summed E-state index contributed by atoms with van der Waals surface area (Å²) in [4.78, 5) is 0.140. The van der Waals surface area contributed by atoms with Gasteiger partial charge in [-0.25, -0.2) is 13.1 Å². The highest BCUT2D eigenvalue weighted by molar-refractivity contribution is 9.10. The van der Waals surface area contributed by atoms with Gasteiger partial charge >= 0.3 is 0 Å². The van der Waals surface area contributed by atoms with Crippen molar-refractivity contribution < 1.29 is 17.9 Å². The Morgan fingerprint density at radius 1 is 1.42 bits per heavy atom.